The lowest BCUT2D eigenvalue weighted by Crippen LogP contribution is -2.30. The molecule has 1 saturated heterocycles. The van der Waals surface area contributed by atoms with Crippen LogP contribution in [0.1, 0.15) is 40.5 Å². The lowest BCUT2D eigenvalue weighted by atomic mass is 10.0. The van der Waals surface area contributed by atoms with E-state index in [1.165, 1.54) is 0 Å². The number of cyclic esters (lactones) is 1. The molecule has 1 aliphatic rings. The third-order valence-corrected chi connectivity index (χ3v) is 3.56. The van der Waals surface area contributed by atoms with Gasteiger partial charge in [-0.2, -0.15) is 0 Å². The van der Waals surface area contributed by atoms with Crippen LogP contribution in [0.3, 0.4) is 0 Å². The van der Waals surface area contributed by atoms with Crippen LogP contribution < -0.4 is 0 Å². The summed E-state index contributed by atoms with van der Waals surface area (Å²) in [6.07, 6.45) is 0.879. The predicted octanol–water partition coefficient (Wildman–Crippen LogP) is 2.99. The van der Waals surface area contributed by atoms with Crippen molar-refractivity contribution in [2.75, 3.05) is 0 Å². The van der Waals surface area contributed by atoms with Crippen LogP contribution in [0.2, 0.25) is 0 Å². The number of carbonyl (C=O) groups excluding carboxylic acids is 2. The van der Waals surface area contributed by atoms with E-state index >= 15 is 0 Å². The molecule has 2 atom stereocenters. The van der Waals surface area contributed by atoms with Crippen molar-refractivity contribution < 1.29 is 19.1 Å². The molecule has 0 aliphatic carbocycles. The fourth-order valence-corrected chi connectivity index (χ4v) is 2.00. The van der Waals surface area contributed by atoms with E-state index in [0.29, 0.717) is 12.8 Å². The molecule has 1 heterocycles. The Morgan fingerprint density at radius 1 is 1.56 bits per heavy atom. The molecule has 0 spiro atoms. The molecule has 0 aromatic heterocycles. The van der Waals surface area contributed by atoms with Crippen molar-refractivity contribution >= 4 is 34.5 Å². The molecule has 0 N–H and O–H groups in total. The van der Waals surface area contributed by atoms with Gasteiger partial charge in [-0.15, -0.1) is 0 Å². The van der Waals surface area contributed by atoms with Crippen LogP contribution in [0.25, 0.3) is 0 Å². The Bertz CT molecular complexity index is 368. The van der Waals surface area contributed by atoms with E-state index in [9.17, 15) is 9.59 Å². The van der Waals surface area contributed by atoms with Crippen molar-refractivity contribution in [3.8, 4) is 0 Å². The summed E-state index contributed by atoms with van der Waals surface area (Å²) in [5.41, 5.74) is 0.561. The van der Waals surface area contributed by atoms with E-state index < -0.39 is 23.5 Å². The number of carbonyl (C=O) groups is 2. The Balaban J connectivity index is 2.59. The van der Waals surface area contributed by atoms with Gasteiger partial charge in [0, 0.05) is 12.8 Å². The second kappa shape index (κ2) is 6.04. The van der Waals surface area contributed by atoms with Gasteiger partial charge in [0.05, 0.1) is 0 Å². The molecule has 18 heavy (non-hydrogen) atoms. The highest BCUT2D eigenvalue weighted by molar-refractivity contribution is 14.1. The zero-order valence-electron chi connectivity index (χ0n) is 11.2. The van der Waals surface area contributed by atoms with Gasteiger partial charge >= 0.3 is 11.9 Å². The SMILES string of the molecule is C/C(=C\I)CC1CC(C(=O)OC(C)(C)C)C(=O)O1. The molecular weight excluding hydrogens is 347 g/mol. The average Bonchev–Trinajstić information content (AvgIpc) is 2.56. The van der Waals surface area contributed by atoms with Crippen molar-refractivity contribution in [1.82, 2.24) is 0 Å². The summed E-state index contributed by atoms with van der Waals surface area (Å²) in [7, 11) is 0. The third kappa shape index (κ3) is 4.59. The van der Waals surface area contributed by atoms with Crippen molar-refractivity contribution in [3.05, 3.63) is 9.66 Å². The van der Waals surface area contributed by atoms with Gasteiger partial charge in [-0.3, -0.25) is 9.59 Å². The fraction of sp³-hybridized carbons (Fsp3) is 0.692. The minimum Gasteiger partial charge on any atom is -0.461 e. The van der Waals surface area contributed by atoms with E-state index in [1.807, 2.05) is 11.0 Å². The lowest BCUT2D eigenvalue weighted by molar-refractivity contribution is -0.164. The quantitative estimate of drug-likeness (QED) is 0.438. The van der Waals surface area contributed by atoms with Gasteiger partial charge < -0.3 is 9.47 Å². The topological polar surface area (TPSA) is 52.6 Å². The molecule has 0 saturated carbocycles. The van der Waals surface area contributed by atoms with Crippen molar-refractivity contribution in [3.63, 3.8) is 0 Å². The standard InChI is InChI=1S/C13H19IO4/c1-8(7-14)5-9-6-10(11(15)17-9)12(16)18-13(2,3)4/h7,9-10H,5-6H2,1-4H3/b8-7+. The average molecular weight is 366 g/mol. The van der Waals surface area contributed by atoms with Crippen molar-refractivity contribution in [2.45, 2.75) is 52.2 Å². The Morgan fingerprint density at radius 3 is 2.67 bits per heavy atom. The molecule has 0 aromatic rings. The first-order chi connectivity index (χ1) is 8.23. The number of rotatable bonds is 3. The highest BCUT2D eigenvalue weighted by Crippen LogP contribution is 2.28. The van der Waals surface area contributed by atoms with Crippen molar-refractivity contribution in [2.24, 2.45) is 5.92 Å². The largest absolute Gasteiger partial charge is 0.461 e. The summed E-state index contributed by atoms with van der Waals surface area (Å²) in [6, 6.07) is 0. The zero-order chi connectivity index (χ0) is 13.9. The van der Waals surface area contributed by atoms with Gasteiger partial charge in [-0.25, -0.2) is 0 Å². The molecule has 0 radical (unpaired) electrons. The Kier molecular flexibility index (Phi) is 5.19. The van der Waals surface area contributed by atoms with Crippen LogP contribution >= 0.6 is 22.6 Å². The predicted molar refractivity (Wildman–Crippen MR) is 76.2 cm³/mol. The van der Waals surface area contributed by atoms with Crippen LogP contribution in [0.15, 0.2) is 9.66 Å². The maximum Gasteiger partial charge on any atom is 0.320 e. The Labute approximate surface area is 121 Å². The summed E-state index contributed by atoms with van der Waals surface area (Å²) in [6.45, 7) is 7.32. The highest BCUT2D eigenvalue weighted by atomic mass is 127. The summed E-state index contributed by atoms with van der Waals surface area (Å²) in [4.78, 5) is 23.5. The first kappa shape index (κ1) is 15.5. The molecule has 1 rings (SSSR count). The minimum atomic E-state index is -0.767. The van der Waals surface area contributed by atoms with Crippen LogP contribution in [-0.4, -0.2) is 23.6 Å². The number of hydrogen-bond donors (Lipinski definition) is 0. The van der Waals surface area contributed by atoms with Gasteiger partial charge in [0.2, 0.25) is 0 Å². The first-order valence-corrected chi connectivity index (χ1v) is 7.16. The van der Waals surface area contributed by atoms with Gasteiger partial charge in [-0.1, -0.05) is 28.2 Å². The van der Waals surface area contributed by atoms with Gasteiger partial charge in [0.1, 0.15) is 11.7 Å². The smallest absolute Gasteiger partial charge is 0.320 e. The Hall–Kier alpha value is -0.590. The van der Waals surface area contributed by atoms with E-state index in [4.69, 9.17) is 9.47 Å². The summed E-state index contributed by atoms with van der Waals surface area (Å²) < 4.78 is 12.4. The summed E-state index contributed by atoms with van der Waals surface area (Å²) in [5.74, 6) is -1.71. The Morgan fingerprint density at radius 2 is 2.17 bits per heavy atom. The van der Waals surface area contributed by atoms with E-state index in [1.54, 1.807) is 20.8 Å². The van der Waals surface area contributed by atoms with Gasteiger partial charge in [0.25, 0.3) is 0 Å². The second-order valence-electron chi connectivity index (χ2n) is 5.54. The maximum atomic E-state index is 11.8. The molecule has 4 nitrogen and oxygen atoms in total. The zero-order valence-corrected chi connectivity index (χ0v) is 13.3. The summed E-state index contributed by atoms with van der Waals surface area (Å²) >= 11 is 2.15. The fourth-order valence-electron chi connectivity index (χ4n) is 1.75. The maximum absolute atomic E-state index is 11.8. The minimum absolute atomic E-state index is 0.207. The van der Waals surface area contributed by atoms with E-state index in [2.05, 4.69) is 22.6 Å². The highest BCUT2D eigenvalue weighted by Gasteiger charge is 2.41. The molecule has 5 heteroatoms. The first-order valence-electron chi connectivity index (χ1n) is 5.92. The molecule has 2 unspecified atom stereocenters. The van der Waals surface area contributed by atoms with Crippen LogP contribution in [0.4, 0.5) is 0 Å². The van der Waals surface area contributed by atoms with Crippen LogP contribution in [0, 0.1) is 5.92 Å². The third-order valence-electron chi connectivity index (χ3n) is 2.49. The monoisotopic (exact) mass is 366 g/mol. The lowest BCUT2D eigenvalue weighted by Gasteiger charge is -2.20. The van der Waals surface area contributed by atoms with Gasteiger partial charge in [-0.05, 0) is 31.8 Å². The van der Waals surface area contributed by atoms with Crippen LogP contribution in [0.5, 0.6) is 0 Å². The van der Waals surface area contributed by atoms with E-state index in [-0.39, 0.29) is 6.10 Å². The molecule has 0 aromatic carbocycles. The molecule has 0 bridgehead atoms. The van der Waals surface area contributed by atoms with E-state index in [0.717, 1.165) is 5.57 Å². The number of halogens is 1. The van der Waals surface area contributed by atoms with Crippen LogP contribution in [-0.2, 0) is 19.1 Å². The number of hydrogen-bond acceptors (Lipinski definition) is 4. The van der Waals surface area contributed by atoms with Gasteiger partial charge in [0.15, 0.2) is 5.92 Å². The second-order valence-corrected chi connectivity index (χ2v) is 6.16. The molecule has 0 amide bonds. The van der Waals surface area contributed by atoms with Crippen molar-refractivity contribution in [1.29, 1.82) is 0 Å². The number of esters is 2. The summed E-state index contributed by atoms with van der Waals surface area (Å²) in [5, 5.41) is 0. The molecular formula is C13H19IO4. The molecule has 1 fully saturated rings. The normalized spacial score (nSPS) is 24.9. The number of ether oxygens (including phenoxy) is 2. The molecule has 102 valence electrons. The molecule has 1 aliphatic heterocycles.